The van der Waals surface area contributed by atoms with Gasteiger partial charge in [0.25, 0.3) is 0 Å². The summed E-state index contributed by atoms with van der Waals surface area (Å²) in [6.07, 6.45) is 0.504. The molecule has 0 aliphatic heterocycles. The molecule has 0 aliphatic carbocycles. The van der Waals surface area contributed by atoms with E-state index >= 15 is 0 Å². The highest BCUT2D eigenvalue weighted by molar-refractivity contribution is 7.89. The lowest BCUT2D eigenvalue weighted by Crippen LogP contribution is -2.28. The van der Waals surface area contributed by atoms with Crippen LogP contribution in [0, 0.1) is 0 Å². The van der Waals surface area contributed by atoms with E-state index < -0.39 is 10.0 Å². The molecule has 1 N–H and O–H groups in total. The van der Waals surface area contributed by atoms with Gasteiger partial charge in [0.15, 0.2) is 0 Å². The lowest BCUT2D eigenvalue weighted by atomic mass is 10.2. The zero-order chi connectivity index (χ0) is 20.7. The second-order valence-electron chi connectivity index (χ2n) is 5.98. The first-order valence-electron chi connectivity index (χ1n) is 8.52. The lowest BCUT2D eigenvalue weighted by Gasteiger charge is -2.17. The van der Waals surface area contributed by atoms with Gasteiger partial charge < -0.3 is 14.8 Å². The van der Waals surface area contributed by atoms with Gasteiger partial charge in [-0.1, -0.05) is 29.8 Å². The first kappa shape index (κ1) is 22.0. The second-order valence-corrected chi connectivity index (χ2v) is 8.43. The summed E-state index contributed by atoms with van der Waals surface area (Å²) in [5.41, 5.74) is 0.430. The fourth-order valence-corrected chi connectivity index (χ4v) is 3.99. The Kier molecular flexibility index (Phi) is 7.68. The molecule has 0 saturated carbocycles. The number of anilines is 1. The Hall–Kier alpha value is -2.29. The molecule has 2 aromatic rings. The number of carbonyl (C=O) groups is 1. The topological polar surface area (TPSA) is 84.9 Å². The van der Waals surface area contributed by atoms with Crippen LogP contribution >= 0.6 is 11.6 Å². The van der Waals surface area contributed by atoms with Gasteiger partial charge in [0.2, 0.25) is 15.9 Å². The molecule has 0 atom stereocenters. The van der Waals surface area contributed by atoms with Crippen molar-refractivity contribution in [3.8, 4) is 11.5 Å². The number of nitrogens with zero attached hydrogens (tertiary/aromatic N) is 1. The van der Waals surface area contributed by atoms with Crippen LogP contribution in [-0.2, 0) is 14.8 Å². The van der Waals surface area contributed by atoms with Gasteiger partial charge in [-0.05, 0) is 18.6 Å². The van der Waals surface area contributed by atoms with Crippen molar-refractivity contribution in [2.45, 2.75) is 17.7 Å². The van der Waals surface area contributed by atoms with Gasteiger partial charge in [-0.3, -0.25) is 4.79 Å². The molecule has 0 unspecified atom stereocenters. The summed E-state index contributed by atoms with van der Waals surface area (Å²) in [6.45, 7) is 0.214. The minimum Gasteiger partial charge on any atom is -0.495 e. The Labute approximate surface area is 170 Å². The number of nitrogens with one attached hydrogen (secondary N) is 1. The first-order chi connectivity index (χ1) is 13.3. The van der Waals surface area contributed by atoms with Gasteiger partial charge in [-0.2, -0.15) is 0 Å². The molecule has 0 radical (unpaired) electrons. The minimum absolute atomic E-state index is 0.142. The third kappa shape index (κ3) is 5.37. The highest BCUT2D eigenvalue weighted by atomic mass is 35.5. The van der Waals surface area contributed by atoms with Crippen molar-refractivity contribution in [1.29, 1.82) is 0 Å². The molecule has 0 fully saturated rings. The largest absolute Gasteiger partial charge is 0.495 e. The number of rotatable bonds is 9. The maximum absolute atomic E-state index is 12.5. The molecular weight excluding hydrogens is 404 g/mol. The first-order valence-corrected chi connectivity index (χ1v) is 10.3. The zero-order valence-corrected chi connectivity index (χ0v) is 17.5. The molecule has 0 saturated heterocycles. The van der Waals surface area contributed by atoms with Crippen LogP contribution in [0.5, 0.6) is 11.5 Å². The SMILES string of the molecule is COc1cc(NC(=O)CCCN(C)S(=O)(=O)c2ccccc2)c(OC)cc1Cl. The van der Waals surface area contributed by atoms with E-state index in [1.54, 1.807) is 42.5 Å². The molecule has 9 heteroatoms. The van der Waals surface area contributed by atoms with Crippen molar-refractivity contribution in [2.75, 3.05) is 33.1 Å². The van der Waals surface area contributed by atoms with Crippen LogP contribution in [0.1, 0.15) is 12.8 Å². The average molecular weight is 427 g/mol. The number of hydrogen-bond donors (Lipinski definition) is 1. The molecule has 0 spiro atoms. The van der Waals surface area contributed by atoms with E-state index in [1.807, 2.05) is 0 Å². The number of sulfonamides is 1. The van der Waals surface area contributed by atoms with E-state index in [4.69, 9.17) is 21.1 Å². The molecule has 2 rings (SSSR count). The average Bonchev–Trinajstić information content (AvgIpc) is 2.69. The number of halogens is 1. The number of ether oxygens (including phenoxy) is 2. The predicted molar refractivity (Wildman–Crippen MR) is 109 cm³/mol. The standard InChI is InChI=1S/C19H23ClN2O5S/c1-22(28(24,25)14-8-5-4-6-9-14)11-7-10-19(23)21-16-13-17(26-2)15(20)12-18(16)27-3/h4-6,8-9,12-13H,7,10-11H2,1-3H3,(H,21,23). The van der Waals surface area contributed by atoms with Crippen LogP contribution in [0.15, 0.2) is 47.4 Å². The van der Waals surface area contributed by atoms with Crippen molar-refractivity contribution in [2.24, 2.45) is 0 Å². The fraction of sp³-hybridized carbons (Fsp3) is 0.316. The van der Waals surface area contributed by atoms with Crippen molar-refractivity contribution in [3.05, 3.63) is 47.5 Å². The fourth-order valence-electron chi connectivity index (χ4n) is 2.53. The second kappa shape index (κ2) is 9.77. The minimum atomic E-state index is -3.57. The molecule has 28 heavy (non-hydrogen) atoms. The Morgan fingerprint density at radius 1 is 1.11 bits per heavy atom. The smallest absolute Gasteiger partial charge is 0.242 e. The lowest BCUT2D eigenvalue weighted by molar-refractivity contribution is -0.116. The van der Waals surface area contributed by atoms with E-state index in [0.717, 1.165) is 0 Å². The summed E-state index contributed by atoms with van der Waals surface area (Å²) in [6, 6.07) is 11.3. The molecule has 0 heterocycles. The zero-order valence-electron chi connectivity index (χ0n) is 15.9. The van der Waals surface area contributed by atoms with Crippen LogP contribution in [0.4, 0.5) is 5.69 Å². The van der Waals surface area contributed by atoms with Crippen LogP contribution in [-0.4, -0.2) is 46.4 Å². The van der Waals surface area contributed by atoms with Crippen LogP contribution in [0.25, 0.3) is 0 Å². The van der Waals surface area contributed by atoms with Crippen molar-refractivity contribution in [3.63, 3.8) is 0 Å². The molecule has 0 aliphatic rings. The maximum Gasteiger partial charge on any atom is 0.242 e. The third-order valence-electron chi connectivity index (χ3n) is 4.08. The molecule has 1 amide bonds. The monoisotopic (exact) mass is 426 g/mol. The molecule has 7 nitrogen and oxygen atoms in total. The molecule has 2 aromatic carbocycles. The van der Waals surface area contributed by atoms with E-state index in [2.05, 4.69) is 5.32 Å². The summed E-state index contributed by atoms with van der Waals surface area (Å²) in [5.74, 6) is 0.544. The van der Waals surface area contributed by atoms with Crippen molar-refractivity contribution >= 4 is 33.2 Å². The van der Waals surface area contributed by atoms with Gasteiger partial charge in [0.05, 0.1) is 29.8 Å². The molecule has 152 valence electrons. The molecular formula is C19H23ClN2O5S. The summed E-state index contributed by atoms with van der Waals surface area (Å²) in [7, 11) is 0.867. The third-order valence-corrected chi connectivity index (χ3v) is 6.24. The molecule has 0 aromatic heterocycles. The van der Waals surface area contributed by atoms with E-state index in [9.17, 15) is 13.2 Å². The highest BCUT2D eigenvalue weighted by Gasteiger charge is 2.20. The van der Waals surface area contributed by atoms with Gasteiger partial charge in [0, 0.05) is 32.1 Å². The normalized spacial score (nSPS) is 11.3. The van der Waals surface area contributed by atoms with Crippen LogP contribution < -0.4 is 14.8 Å². The van der Waals surface area contributed by atoms with Crippen molar-refractivity contribution < 1.29 is 22.7 Å². The van der Waals surface area contributed by atoms with E-state index in [-0.39, 0.29) is 23.8 Å². The molecule has 0 bridgehead atoms. The number of benzene rings is 2. The summed E-state index contributed by atoms with van der Waals surface area (Å²) < 4.78 is 36.5. The summed E-state index contributed by atoms with van der Waals surface area (Å²) in [4.78, 5) is 12.5. The van der Waals surface area contributed by atoms with E-state index in [0.29, 0.717) is 28.6 Å². The highest BCUT2D eigenvalue weighted by Crippen LogP contribution is 2.35. The summed E-state index contributed by atoms with van der Waals surface area (Å²) in [5, 5.41) is 3.10. The maximum atomic E-state index is 12.5. The number of amides is 1. The van der Waals surface area contributed by atoms with Crippen LogP contribution in [0.3, 0.4) is 0 Å². The number of methoxy groups -OCH3 is 2. The number of hydrogen-bond acceptors (Lipinski definition) is 5. The van der Waals surface area contributed by atoms with Crippen molar-refractivity contribution in [1.82, 2.24) is 4.31 Å². The quantitative estimate of drug-likeness (QED) is 0.664. The predicted octanol–water partition coefficient (Wildman–Crippen LogP) is 3.40. The summed E-state index contributed by atoms with van der Waals surface area (Å²) >= 11 is 6.05. The van der Waals surface area contributed by atoms with Crippen LogP contribution in [0.2, 0.25) is 5.02 Å². The Morgan fingerprint density at radius 2 is 1.75 bits per heavy atom. The van der Waals surface area contributed by atoms with Gasteiger partial charge in [-0.25, -0.2) is 12.7 Å². The van der Waals surface area contributed by atoms with Gasteiger partial charge in [-0.15, -0.1) is 0 Å². The Bertz CT molecular complexity index is 919. The van der Waals surface area contributed by atoms with Gasteiger partial charge in [0.1, 0.15) is 11.5 Å². The van der Waals surface area contributed by atoms with E-state index in [1.165, 1.54) is 25.6 Å². The number of carbonyl (C=O) groups excluding carboxylic acids is 1. The Balaban J connectivity index is 1.94. The van der Waals surface area contributed by atoms with Gasteiger partial charge >= 0.3 is 0 Å². The Morgan fingerprint density at radius 3 is 2.36 bits per heavy atom.